The van der Waals surface area contributed by atoms with Crippen LogP contribution in [0.25, 0.3) is 0 Å². The lowest BCUT2D eigenvalue weighted by atomic mass is 9.98. The summed E-state index contributed by atoms with van der Waals surface area (Å²) in [6.45, 7) is 5.34. The normalized spacial score (nSPS) is 12.2. The molecule has 0 heterocycles. The fourth-order valence-electron chi connectivity index (χ4n) is 2.27. The van der Waals surface area contributed by atoms with Crippen molar-refractivity contribution in [1.29, 1.82) is 0 Å². The molecule has 1 atom stereocenters. The summed E-state index contributed by atoms with van der Waals surface area (Å²) in [5.74, 6) is 0.532. The average Bonchev–Trinajstić information content (AvgIpc) is 2.49. The van der Waals surface area contributed by atoms with E-state index in [0.29, 0.717) is 11.6 Å². The lowest BCUT2D eigenvalue weighted by Crippen LogP contribution is -2.22. The molecule has 0 aliphatic rings. The molecule has 2 nitrogen and oxygen atoms in total. The van der Waals surface area contributed by atoms with Crippen molar-refractivity contribution in [2.75, 3.05) is 13.2 Å². The molecule has 0 spiro atoms. The van der Waals surface area contributed by atoms with E-state index in [9.17, 15) is 4.39 Å². The Bertz CT molecular complexity index is 586. The molecule has 2 aromatic rings. The molecular formula is C17H19ClFNO. The summed E-state index contributed by atoms with van der Waals surface area (Å²) < 4.78 is 19.0. The van der Waals surface area contributed by atoms with Crippen LogP contribution in [0.1, 0.15) is 31.0 Å². The summed E-state index contributed by atoms with van der Waals surface area (Å²) in [4.78, 5) is 0. The zero-order chi connectivity index (χ0) is 15.2. The van der Waals surface area contributed by atoms with Crippen LogP contribution in [0.4, 0.5) is 4.39 Å². The molecule has 2 rings (SSSR count). The lowest BCUT2D eigenvalue weighted by molar-refractivity contribution is 0.340. The van der Waals surface area contributed by atoms with Crippen molar-refractivity contribution in [3.8, 4) is 5.75 Å². The van der Waals surface area contributed by atoms with Crippen molar-refractivity contribution in [2.45, 2.75) is 19.9 Å². The van der Waals surface area contributed by atoms with Gasteiger partial charge in [0.1, 0.15) is 11.6 Å². The third kappa shape index (κ3) is 3.96. The van der Waals surface area contributed by atoms with Crippen LogP contribution < -0.4 is 10.1 Å². The Morgan fingerprint density at radius 3 is 2.48 bits per heavy atom. The van der Waals surface area contributed by atoms with Crippen LogP contribution in [0.5, 0.6) is 5.75 Å². The van der Waals surface area contributed by atoms with Gasteiger partial charge in [0.05, 0.1) is 12.6 Å². The average molecular weight is 308 g/mol. The number of ether oxygens (including phenoxy) is 1. The predicted octanol–water partition coefficient (Wildman–Crippen LogP) is 4.58. The number of halogens is 2. The van der Waals surface area contributed by atoms with Crippen LogP contribution in [0.15, 0.2) is 42.5 Å². The second kappa shape index (κ2) is 7.43. The van der Waals surface area contributed by atoms with E-state index in [0.717, 1.165) is 23.4 Å². The summed E-state index contributed by atoms with van der Waals surface area (Å²) >= 11 is 6.23. The van der Waals surface area contributed by atoms with Crippen LogP contribution in [-0.4, -0.2) is 13.2 Å². The van der Waals surface area contributed by atoms with Crippen molar-refractivity contribution in [2.24, 2.45) is 0 Å². The Morgan fingerprint density at radius 2 is 1.86 bits per heavy atom. The van der Waals surface area contributed by atoms with Crippen molar-refractivity contribution in [3.63, 3.8) is 0 Å². The molecule has 21 heavy (non-hydrogen) atoms. The topological polar surface area (TPSA) is 21.3 Å². The SMILES string of the molecule is CCNC(c1ccc(OCC)cc1)c1cc(F)ccc1Cl. The molecule has 1 N–H and O–H groups in total. The predicted molar refractivity (Wildman–Crippen MR) is 84.5 cm³/mol. The van der Waals surface area contributed by atoms with E-state index >= 15 is 0 Å². The molecule has 0 radical (unpaired) electrons. The van der Waals surface area contributed by atoms with Crippen LogP contribution in [0.3, 0.4) is 0 Å². The molecule has 0 saturated heterocycles. The quantitative estimate of drug-likeness (QED) is 0.843. The van der Waals surface area contributed by atoms with Crippen LogP contribution in [0, 0.1) is 5.82 Å². The highest BCUT2D eigenvalue weighted by atomic mass is 35.5. The fraction of sp³-hybridized carbons (Fsp3) is 0.294. The Kier molecular flexibility index (Phi) is 5.59. The molecule has 112 valence electrons. The van der Waals surface area contributed by atoms with Crippen molar-refractivity contribution >= 4 is 11.6 Å². The van der Waals surface area contributed by atoms with E-state index in [-0.39, 0.29) is 11.9 Å². The highest BCUT2D eigenvalue weighted by Gasteiger charge is 2.17. The second-order valence-corrected chi connectivity index (χ2v) is 5.07. The van der Waals surface area contributed by atoms with Gasteiger partial charge in [0, 0.05) is 5.02 Å². The van der Waals surface area contributed by atoms with Gasteiger partial charge in [0.25, 0.3) is 0 Å². The summed E-state index contributed by atoms with van der Waals surface area (Å²) in [7, 11) is 0. The first kappa shape index (κ1) is 15.8. The number of nitrogens with one attached hydrogen (secondary N) is 1. The molecule has 0 aromatic heterocycles. The monoisotopic (exact) mass is 307 g/mol. The molecular weight excluding hydrogens is 289 g/mol. The van der Waals surface area contributed by atoms with Gasteiger partial charge < -0.3 is 10.1 Å². The van der Waals surface area contributed by atoms with E-state index in [2.05, 4.69) is 5.32 Å². The number of rotatable bonds is 6. The van der Waals surface area contributed by atoms with Gasteiger partial charge in [-0.2, -0.15) is 0 Å². The second-order valence-electron chi connectivity index (χ2n) is 4.66. The van der Waals surface area contributed by atoms with Crippen LogP contribution >= 0.6 is 11.6 Å². The highest BCUT2D eigenvalue weighted by molar-refractivity contribution is 6.31. The number of hydrogen-bond donors (Lipinski definition) is 1. The standard InChI is InChI=1S/C17H19ClFNO/c1-3-20-17(15-11-13(19)7-10-16(15)18)12-5-8-14(9-6-12)21-4-2/h5-11,17,20H,3-4H2,1-2H3. The maximum absolute atomic E-state index is 13.5. The Labute approximate surface area is 129 Å². The van der Waals surface area contributed by atoms with Gasteiger partial charge in [-0.25, -0.2) is 4.39 Å². The molecule has 0 saturated carbocycles. The van der Waals surface area contributed by atoms with Crippen molar-refractivity contribution < 1.29 is 9.13 Å². The van der Waals surface area contributed by atoms with Crippen LogP contribution in [-0.2, 0) is 0 Å². The molecule has 0 aliphatic heterocycles. The van der Waals surface area contributed by atoms with Crippen molar-refractivity contribution in [1.82, 2.24) is 5.32 Å². The van der Waals surface area contributed by atoms with Gasteiger partial charge in [-0.3, -0.25) is 0 Å². The van der Waals surface area contributed by atoms with Gasteiger partial charge in [-0.05, 0) is 54.9 Å². The van der Waals surface area contributed by atoms with Crippen LogP contribution in [0.2, 0.25) is 5.02 Å². The maximum atomic E-state index is 13.5. The van der Waals surface area contributed by atoms with Gasteiger partial charge in [0.15, 0.2) is 0 Å². The summed E-state index contributed by atoms with van der Waals surface area (Å²) in [5.41, 5.74) is 1.76. The lowest BCUT2D eigenvalue weighted by Gasteiger charge is -2.20. The summed E-state index contributed by atoms with van der Waals surface area (Å²) in [6, 6.07) is 12.1. The van der Waals surface area contributed by atoms with Gasteiger partial charge >= 0.3 is 0 Å². The highest BCUT2D eigenvalue weighted by Crippen LogP contribution is 2.30. The zero-order valence-electron chi connectivity index (χ0n) is 12.2. The fourth-order valence-corrected chi connectivity index (χ4v) is 2.50. The van der Waals surface area contributed by atoms with E-state index in [1.54, 1.807) is 6.07 Å². The molecule has 0 aliphatic carbocycles. The van der Waals surface area contributed by atoms with Gasteiger partial charge in [0.2, 0.25) is 0 Å². The first-order chi connectivity index (χ1) is 10.2. The van der Waals surface area contributed by atoms with Gasteiger partial charge in [-0.15, -0.1) is 0 Å². The minimum Gasteiger partial charge on any atom is -0.494 e. The molecule has 0 fully saturated rings. The van der Waals surface area contributed by atoms with E-state index in [1.165, 1.54) is 12.1 Å². The maximum Gasteiger partial charge on any atom is 0.123 e. The largest absolute Gasteiger partial charge is 0.494 e. The molecule has 4 heteroatoms. The Hall–Kier alpha value is -1.58. The minimum atomic E-state index is -0.289. The van der Waals surface area contributed by atoms with E-state index in [1.807, 2.05) is 38.1 Å². The van der Waals surface area contributed by atoms with Crippen molar-refractivity contribution in [3.05, 3.63) is 64.4 Å². The van der Waals surface area contributed by atoms with E-state index in [4.69, 9.17) is 16.3 Å². The summed E-state index contributed by atoms with van der Waals surface area (Å²) in [6.07, 6.45) is 0. The van der Waals surface area contributed by atoms with Gasteiger partial charge in [-0.1, -0.05) is 30.7 Å². The first-order valence-corrected chi connectivity index (χ1v) is 7.44. The number of benzene rings is 2. The molecule has 2 aromatic carbocycles. The molecule has 0 amide bonds. The first-order valence-electron chi connectivity index (χ1n) is 7.06. The molecule has 1 unspecified atom stereocenters. The van der Waals surface area contributed by atoms with E-state index < -0.39 is 0 Å². The Balaban J connectivity index is 2.35. The Morgan fingerprint density at radius 1 is 1.14 bits per heavy atom. The summed E-state index contributed by atoms with van der Waals surface area (Å²) in [5, 5.41) is 3.89. The zero-order valence-corrected chi connectivity index (χ0v) is 13.0. The smallest absolute Gasteiger partial charge is 0.123 e. The third-order valence-corrected chi connectivity index (χ3v) is 3.55. The minimum absolute atomic E-state index is 0.145. The number of hydrogen-bond acceptors (Lipinski definition) is 2. The third-order valence-electron chi connectivity index (χ3n) is 3.20. The molecule has 0 bridgehead atoms.